The van der Waals surface area contributed by atoms with Gasteiger partial charge in [-0.25, -0.2) is 0 Å². The van der Waals surface area contributed by atoms with E-state index in [1.54, 1.807) is 0 Å². The molecule has 9 heteroatoms. The summed E-state index contributed by atoms with van der Waals surface area (Å²) in [5.41, 5.74) is 1.15. The van der Waals surface area contributed by atoms with E-state index >= 15 is 0 Å². The minimum atomic E-state index is -4.62. The molecule has 1 N–H and O–H groups in total. The van der Waals surface area contributed by atoms with Crippen LogP contribution in [0.25, 0.3) is 0 Å². The summed E-state index contributed by atoms with van der Waals surface area (Å²) in [6.07, 6.45) is -5.22. The first kappa shape index (κ1) is 17.8. The van der Waals surface area contributed by atoms with Crippen LogP contribution in [-0.4, -0.2) is 57.3 Å². The van der Waals surface area contributed by atoms with Crippen molar-refractivity contribution in [3.05, 3.63) is 47.6 Å². The fourth-order valence-corrected chi connectivity index (χ4v) is 2.87. The van der Waals surface area contributed by atoms with Crippen LogP contribution < -0.4 is 0 Å². The number of aliphatic hydroxyl groups is 1. The van der Waals surface area contributed by atoms with Crippen molar-refractivity contribution in [2.75, 3.05) is 26.2 Å². The van der Waals surface area contributed by atoms with Crippen LogP contribution in [0, 0.1) is 0 Å². The van der Waals surface area contributed by atoms with E-state index in [-0.39, 0.29) is 12.4 Å². The molecule has 3 rings (SSSR count). The second-order valence-corrected chi connectivity index (χ2v) is 6.12. The second-order valence-electron chi connectivity index (χ2n) is 6.12. The van der Waals surface area contributed by atoms with E-state index in [0.717, 1.165) is 5.56 Å². The Kier molecular flexibility index (Phi) is 5.36. The Labute approximate surface area is 142 Å². The highest BCUT2D eigenvalue weighted by molar-refractivity contribution is 5.14. The lowest BCUT2D eigenvalue weighted by Gasteiger charge is -2.21. The van der Waals surface area contributed by atoms with Gasteiger partial charge in [0.25, 0.3) is 5.82 Å². The van der Waals surface area contributed by atoms with Crippen molar-refractivity contribution >= 4 is 0 Å². The number of alkyl halides is 3. The molecule has 0 spiro atoms. The van der Waals surface area contributed by atoms with E-state index in [0.29, 0.717) is 32.7 Å². The van der Waals surface area contributed by atoms with Crippen LogP contribution in [0.4, 0.5) is 13.2 Å². The number of hydrogen-bond donors (Lipinski definition) is 1. The summed E-state index contributed by atoms with van der Waals surface area (Å²) < 4.78 is 42.2. The molecule has 1 aliphatic rings. The highest BCUT2D eigenvalue weighted by Gasteiger charge is 2.37. The molecule has 0 amide bonds. The Morgan fingerprint density at radius 3 is 2.32 bits per heavy atom. The van der Waals surface area contributed by atoms with Crippen LogP contribution in [0.5, 0.6) is 0 Å². The predicted octanol–water partition coefficient (Wildman–Crippen LogP) is 1.77. The molecular weight excluding hydrogens is 337 g/mol. The maximum absolute atomic E-state index is 12.5. The molecule has 1 aromatic heterocycles. The van der Waals surface area contributed by atoms with Crippen molar-refractivity contribution in [3.63, 3.8) is 0 Å². The number of halogens is 3. The van der Waals surface area contributed by atoms with Crippen LogP contribution in [-0.2, 0) is 19.3 Å². The zero-order chi connectivity index (χ0) is 17.9. The van der Waals surface area contributed by atoms with E-state index in [2.05, 4.69) is 19.6 Å². The summed E-state index contributed by atoms with van der Waals surface area (Å²) in [5.74, 6) is -1.38. The minimum Gasteiger partial charge on any atom is -0.390 e. The number of hydrogen-bond acceptors (Lipinski definition) is 6. The maximum atomic E-state index is 12.5. The minimum absolute atomic E-state index is 0.0827. The summed E-state index contributed by atoms with van der Waals surface area (Å²) in [6.45, 7) is 2.92. The zero-order valence-electron chi connectivity index (χ0n) is 13.5. The predicted molar refractivity (Wildman–Crippen MR) is 82.3 cm³/mol. The molecule has 0 bridgehead atoms. The Hall–Kier alpha value is -1.97. The van der Waals surface area contributed by atoms with Crippen molar-refractivity contribution < 1.29 is 22.8 Å². The van der Waals surface area contributed by atoms with Gasteiger partial charge in [-0.05, 0) is 5.56 Å². The van der Waals surface area contributed by atoms with Gasteiger partial charge < -0.3 is 9.63 Å². The first-order valence-corrected chi connectivity index (χ1v) is 7.96. The van der Waals surface area contributed by atoms with Gasteiger partial charge in [0, 0.05) is 32.7 Å². The molecule has 136 valence electrons. The summed E-state index contributed by atoms with van der Waals surface area (Å²) in [5, 5.41) is 13.1. The van der Waals surface area contributed by atoms with Crippen LogP contribution >= 0.6 is 0 Å². The lowest BCUT2D eigenvalue weighted by molar-refractivity contribution is -0.146. The lowest BCUT2D eigenvalue weighted by atomic mass is 10.2. The second kappa shape index (κ2) is 7.51. The van der Waals surface area contributed by atoms with Gasteiger partial charge >= 0.3 is 6.18 Å². The van der Waals surface area contributed by atoms with Gasteiger partial charge in [0.2, 0.25) is 5.89 Å². The van der Waals surface area contributed by atoms with Gasteiger partial charge in [-0.3, -0.25) is 9.80 Å². The lowest BCUT2D eigenvalue weighted by Crippen LogP contribution is -2.33. The van der Waals surface area contributed by atoms with E-state index in [1.165, 1.54) is 0 Å². The molecule has 0 saturated carbocycles. The van der Waals surface area contributed by atoms with Crippen molar-refractivity contribution in [1.82, 2.24) is 19.9 Å². The molecule has 0 radical (unpaired) electrons. The first-order chi connectivity index (χ1) is 11.9. The highest BCUT2D eigenvalue weighted by Crippen LogP contribution is 2.26. The fraction of sp³-hybridized carbons (Fsp3) is 0.500. The van der Waals surface area contributed by atoms with Crippen molar-refractivity contribution in [2.45, 2.75) is 25.4 Å². The molecule has 1 atom stereocenters. The summed E-state index contributed by atoms with van der Waals surface area (Å²) in [7, 11) is 0. The highest BCUT2D eigenvalue weighted by atomic mass is 19.4. The number of benzene rings is 1. The number of β-amino-alcohol motifs (C(OH)–C–C–N with tert-alkyl or cyclic N) is 1. The van der Waals surface area contributed by atoms with Crippen LogP contribution in [0.15, 0.2) is 34.9 Å². The van der Waals surface area contributed by atoms with E-state index < -0.39 is 18.1 Å². The largest absolute Gasteiger partial charge is 0.455 e. The maximum Gasteiger partial charge on any atom is 0.455 e. The third kappa shape index (κ3) is 5.00. The molecule has 1 saturated heterocycles. The van der Waals surface area contributed by atoms with E-state index in [4.69, 9.17) is 0 Å². The molecule has 1 fully saturated rings. The molecule has 0 aliphatic carbocycles. The molecule has 1 aromatic carbocycles. The van der Waals surface area contributed by atoms with Gasteiger partial charge in [0.15, 0.2) is 0 Å². The number of rotatable bonds is 4. The third-order valence-electron chi connectivity index (χ3n) is 4.00. The SMILES string of the molecule is O[C@H]1CN(Cc2ccccc2)CCN(Cc2nc(C(F)(F)F)no2)C1. The van der Waals surface area contributed by atoms with Crippen LogP contribution in [0.3, 0.4) is 0 Å². The quantitative estimate of drug-likeness (QED) is 0.901. The summed E-state index contributed by atoms with van der Waals surface area (Å²) >= 11 is 0. The average Bonchev–Trinajstić information content (AvgIpc) is 2.95. The monoisotopic (exact) mass is 356 g/mol. The normalized spacial score (nSPS) is 20.6. The molecular formula is C16H19F3N4O2. The number of aliphatic hydroxyl groups excluding tert-OH is 1. The number of nitrogens with zero attached hydrogens (tertiary/aromatic N) is 4. The van der Waals surface area contributed by atoms with Gasteiger partial charge in [0.05, 0.1) is 12.6 Å². The molecule has 2 heterocycles. The smallest absolute Gasteiger partial charge is 0.390 e. The fourth-order valence-electron chi connectivity index (χ4n) is 2.87. The topological polar surface area (TPSA) is 65.6 Å². The zero-order valence-corrected chi connectivity index (χ0v) is 13.5. The van der Waals surface area contributed by atoms with Crippen LogP contribution in [0.2, 0.25) is 0 Å². The van der Waals surface area contributed by atoms with Gasteiger partial charge in [0.1, 0.15) is 0 Å². The van der Waals surface area contributed by atoms with Gasteiger partial charge in [-0.1, -0.05) is 35.5 Å². The molecule has 1 aliphatic heterocycles. The summed E-state index contributed by atoms with van der Waals surface area (Å²) in [4.78, 5) is 7.32. The standard InChI is InChI=1S/C16H19F3N4O2/c17-16(18,19)15-20-14(25-21-15)11-23-7-6-22(9-13(24)10-23)8-12-4-2-1-3-5-12/h1-5,13,24H,6-11H2/t13-/m0/s1. The van der Waals surface area contributed by atoms with E-state index in [9.17, 15) is 18.3 Å². The number of aromatic nitrogens is 2. The van der Waals surface area contributed by atoms with Gasteiger partial charge in [-0.2, -0.15) is 18.2 Å². The van der Waals surface area contributed by atoms with E-state index in [1.807, 2.05) is 35.2 Å². The Morgan fingerprint density at radius 1 is 1.08 bits per heavy atom. The summed E-state index contributed by atoms with van der Waals surface area (Å²) in [6, 6.07) is 9.91. The van der Waals surface area contributed by atoms with Crippen molar-refractivity contribution in [1.29, 1.82) is 0 Å². The average molecular weight is 356 g/mol. The Morgan fingerprint density at radius 2 is 1.72 bits per heavy atom. The Bertz CT molecular complexity index is 678. The molecule has 0 unspecified atom stereocenters. The molecule has 6 nitrogen and oxygen atoms in total. The Balaban J connectivity index is 1.58. The molecule has 2 aromatic rings. The van der Waals surface area contributed by atoms with Crippen LogP contribution in [0.1, 0.15) is 17.3 Å². The van der Waals surface area contributed by atoms with Crippen molar-refractivity contribution in [2.24, 2.45) is 0 Å². The van der Waals surface area contributed by atoms with Crippen molar-refractivity contribution in [3.8, 4) is 0 Å². The van der Waals surface area contributed by atoms with Gasteiger partial charge in [-0.15, -0.1) is 0 Å². The first-order valence-electron chi connectivity index (χ1n) is 7.96. The third-order valence-corrected chi connectivity index (χ3v) is 4.00. The molecule has 25 heavy (non-hydrogen) atoms.